The number of hydrogen-bond donors (Lipinski definition) is 1. The Morgan fingerprint density at radius 1 is 1.28 bits per heavy atom. The molecular formula is C19H21N5O. The summed E-state index contributed by atoms with van der Waals surface area (Å²) in [6.07, 6.45) is 5.73. The standard InChI is InChI=1S/C19H21N5O/c1-14-8-9-16-17(21-14)6-2-7-18(16)22-19(25)24-12-3-5-15(24)13-23-11-4-10-20-23/h2,4,6-11,15H,3,5,12-13H2,1H3,(H,22,25)/t15-/m0/s1. The molecule has 0 spiro atoms. The highest BCUT2D eigenvalue weighted by Crippen LogP contribution is 2.25. The van der Waals surface area contributed by atoms with E-state index in [1.807, 2.05) is 59.1 Å². The van der Waals surface area contributed by atoms with E-state index in [0.717, 1.165) is 48.2 Å². The van der Waals surface area contributed by atoms with Crippen molar-refractivity contribution < 1.29 is 4.79 Å². The molecule has 1 aromatic carbocycles. The van der Waals surface area contributed by atoms with Gasteiger partial charge < -0.3 is 10.2 Å². The first kappa shape index (κ1) is 15.6. The third kappa shape index (κ3) is 3.20. The molecule has 2 amide bonds. The van der Waals surface area contributed by atoms with Gasteiger partial charge in [0.25, 0.3) is 0 Å². The molecule has 6 heteroatoms. The molecule has 1 fully saturated rings. The average Bonchev–Trinajstić information content (AvgIpc) is 3.27. The molecule has 0 bridgehead atoms. The number of pyridine rings is 1. The van der Waals surface area contributed by atoms with Crippen molar-refractivity contribution >= 4 is 22.6 Å². The number of aromatic nitrogens is 3. The van der Waals surface area contributed by atoms with Crippen LogP contribution in [0.5, 0.6) is 0 Å². The summed E-state index contributed by atoms with van der Waals surface area (Å²) >= 11 is 0. The molecule has 3 heterocycles. The van der Waals surface area contributed by atoms with Gasteiger partial charge in [0.15, 0.2) is 0 Å². The second kappa shape index (κ2) is 6.55. The molecule has 6 nitrogen and oxygen atoms in total. The van der Waals surface area contributed by atoms with Gasteiger partial charge in [-0.15, -0.1) is 0 Å². The number of anilines is 1. The number of carbonyl (C=O) groups excluding carboxylic acids is 1. The van der Waals surface area contributed by atoms with Gasteiger partial charge in [0.1, 0.15) is 0 Å². The van der Waals surface area contributed by atoms with Crippen molar-refractivity contribution in [3.8, 4) is 0 Å². The minimum atomic E-state index is -0.0530. The Kier molecular flexibility index (Phi) is 4.09. The van der Waals surface area contributed by atoms with E-state index in [4.69, 9.17) is 0 Å². The predicted molar refractivity (Wildman–Crippen MR) is 97.5 cm³/mol. The average molecular weight is 335 g/mol. The first-order valence-electron chi connectivity index (χ1n) is 8.62. The molecule has 1 aliphatic heterocycles. The number of urea groups is 1. The monoisotopic (exact) mass is 335 g/mol. The number of amides is 2. The van der Waals surface area contributed by atoms with Crippen molar-refractivity contribution in [2.45, 2.75) is 32.4 Å². The predicted octanol–water partition coefficient (Wildman–Crippen LogP) is 3.44. The van der Waals surface area contributed by atoms with E-state index >= 15 is 0 Å². The smallest absolute Gasteiger partial charge is 0.320 e. The van der Waals surface area contributed by atoms with Crippen molar-refractivity contribution in [1.29, 1.82) is 0 Å². The Balaban J connectivity index is 1.53. The Bertz CT molecular complexity index is 890. The van der Waals surface area contributed by atoms with Gasteiger partial charge in [-0.2, -0.15) is 5.10 Å². The van der Waals surface area contributed by atoms with Crippen LogP contribution < -0.4 is 5.32 Å². The number of benzene rings is 1. The fourth-order valence-corrected chi connectivity index (χ4v) is 3.47. The normalized spacial score (nSPS) is 17.2. The Morgan fingerprint density at radius 3 is 3.04 bits per heavy atom. The molecule has 3 aromatic rings. The van der Waals surface area contributed by atoms with Crippen molar-refractivity contribution in [2.24, 2.45) is 0 Å². The molecule has 2 aromatic heterocycles. The van der Waals surface area contributed by atoms with Crippen molar-refractivity contribution in [3.63, 3.8) is 0 Å². The van der Waals surface area contributed by atoms with Crippen molar-refractivity contribution in [1.82, 2.24) is 19.7 Å². The summed E-state index contributed by atoms with van der Waals surface area (Å²) < 4.78 is 1.89. The van der Waals surface area contributed by atoms with Crippen LogP contribution in [0.25, 0.3) is 10.9 Å². The van der Waals surface area contributed by atoms with Gasteiger partial charge in [-0.25, -0.2) is 4.79 Å². The van der Waals surface area contributed by atoms with Crippen LogP contribution in [-0.4, -0.2) is 38.3 Å². The molecule has 0 unspecified atom stereocenters. The summed E-state index contributed by atoms with van der Waals surface area (Å²) in [5, 5.41) is 8.29. The van der Waals surface area contributed by atoms with E-state index in [0.29, 0.717) is 0 Å². The summed E-state index contributed by atoms with van der Waals surface area (Å²) in [6.45, 7) is 3.48. The van der Waals surface area contributed by atoms with Gasteiger partial charge in [-0.05, 0) is 50.1 Å². The highest BCUT2D eigenvalue weighted by molar-refractivity contribution is 6.00. The second-order valence-electron chi connectivity index (χ2n) is 6.47. The fraction of sp³-hybridized carbons (Fsp3) is 0.316. The number of carbonyl (C=O) groups is 1. The third-order valence-electron chi connectivity index (χ3n) is 4.71. The maximum absolute atomic E-state index is 12.8. The van der Waals surface area contributed by atoms with Gasteiger partial charge in [0.05, 0.1) is 23.8 Å². The minimum absolute atomic E-state index is 0.0530. The van der Waals surface area contributed by atoms with Crippen LogP contribution in [0.15, 0.2) is 48.8 Å². The lowest BCUT2D eigenvalue weighted by Crippen LogP contribution is -2.40. The van der Waals surface area contributed by atoms with Crippen LogP contribution in [0.4, 0.5) is 10.5 Å². The molecule has 0 aliphatic carbocycles. The van der Waals surface area contributed by atoms with Gasteiger partial charge >= 0.3 is 6.03 Å². The van der Waals surface area contributed by atoms with E-state index in [-0.39, 0.29) is 12.1 Å². The molecule has 1 saturated heterocycles. The first-order chi connectivity index (χ1) is 12.2. The number of nitrogens with zero attached hydrogens (tertiary/aromatic N) is 4. The van der Waals surface area contributed by atoms with Crippen LogP contribution in [0.1, 0.15) is 18.5 Å². The molecule has 1 N–H and O–H groups in total. The summed E-state index contributed by atoms with van der Waals surface area (Å²) in [6, 6.07) is 11.8. The van der Waals surface area contributed by atoms with Crippen LogP contribution in [-0.2, 0) is 6.54 Å². The zero-order valence-corrected chi connectivity index (χ0v) is 14.2. The summed E-state index contributed by atoms with van der Waals surface area (Å²) in [5.74, 6) is 0. The van der Waals surface area contributed by atoms with Gasteiger partial charge in [-0.1, -0.05) is 6.07 Å². The number of nitrogens with one attached hydrogen (secondary N) is 1. The van der Waals surface area contributed by atoms with Crippen LogP contribution in [0.2, 0.25) is 0 Å². The largest absolute Gasteiger partial charge is 0.322 e. The van der Waals surface area contributed by atoms with E-state index in [1.165, 1.54) is 0 Å². The summed E-state index contributed by atoms with van der Waals surface area (Å²) in [5.41, 5.74) is 2.67. The highest BCUT2D eigenvalue weighted by atomic mass is 16.2. The van der Waals surface area contributed by atoms with Crippen molar-refractivity contribution in [2.75, 3.05) is 11.9 Å². The van der Waals surface area contributed by atoms with E-state index in [9.17, 15) is 4.79 Å². The molecule has 25 heavy (non-hydrogen) atoms. The van der Waals surface area contributed by atoms with Gasteiger partial charge in [0.2, 0.25) is 0 Å². The lowest BCUT2D eigenvalue weighted by atomic mass is 10.1. The van der Waals surface area contributed by atoms with E-state index < -0.39 is 0 Å². The fourth-order valence-electron chi connectivity index (χ4n) is 3.47. The maximum Gasteiger partial charge on any atom is 0.322 e. The molecule has 4 rings (SSSR count). The molecular weight excluding hydrogens is 314 g/mol. The van der Waals surface area contributed by atoms with Crippen LogP contribution in [0, 0.1) is 6.92 Å². The number of likely N-dealkylation sites (tertiary alicyclic amines) is 1. The lowest BCUT2D eigenvalue weighted by Gasteiger charge is -2.25. The lowest BCUT2D eigenvalue weighted by molar-refractivity contribution is 0.199. The third-order valence-corrected chi connectivity index (χ3v) is 4.71. The topological polar surface area (TPSA) is 63.1 Å². The second-order valence-corrected chi connectivity index (χ2v) is 6.47. The summed E-state index contributed by atoms with van der Waals surface area (Å²) in [4.78, 5) is 19.3. The highest BCUT2D eigenvalue weighted by Gasteiger charge is 2.29. The van der Waals surface area contributed by atoms with Crippen LogP contribution in [0.3, 0.4) is 0 Å². The van der Waals surface area contributed by atoms with E-state index in [1.54, 1.807) is 6.20 Å². The maximum atomic E-state index is 12.8. The molecule has 0 saturated carbocycles. The first-order valence-corrected chi connectivity index (χ1v) is 8.62. The minimum Gasteiger partial charge on any atom is -0.320 e. The van der Waals surface area contributed by atoms with Gasteiger partial charge in [-0.3, -0.25) is 9.67 Å². The number of rotatable bonds is 3. The molecule has 1 aliphatic rings. The van der Waals surface area contributed by atoms with Gasteiger partial charge in [0, 0.05) is 30.0 Å². The zero-order chi connectivity index (χ0) is 17.2. The Hall–Kier alpha value is -2.89. The van der Waals surface area contributed by atoms with Crippen molar-refractivity contribution in [3.05, 3.63) is 54.5 Å². The SMILES string of the molecule is Cc1ccc2c(NC(=O)N3CCC[C@H]3Cn3cccn3)cccc2n1. The molecule has 0 radical (unpaired) electrons. The number of hydrogen-bond acceptors (Lipinski definition) is 3. The Morgan fingerprint density at radius 2 is 2.20 bits per heavy atom. The molecule has 1 atom stereocenters. The molecule has 128 valence electrons. The summed E-state index contributed by atoms with van der Waals surface area (Å²) in [7, 11) is 0. The van der Waals surface area contributed by atoms with E-state index in [2.05, 4.69) is 15.4 Å². The quantitative estimate of drug-likeness (QED) is 0.797. The number of fused-ring (bicyclic) bond motifs is 1. The zero-order valence-electron chi connectivity index (χ0n) is 14.2. The van der Waals surface area contributed by atoms with Crippen LogP contribution >= 0.6 is 0 Å². The Labute approximate surface area is 146 Å². The number of aryl methyl sites for hydroxylation is 1.